The summed E-state index contributed by atoms with van der Waals surface area (Å²) in [5.74, 6) is 0.193. The minimum absolute atomic E-state index is 0.0298. The molecule has 0 unspecified atom stereocenters. The van der Waals surface area contributed by atoms with E-state index in [2.05, 4.69) is 58.3 Å². The normalized spacial score (nSPS) is 20.2. The van der Waals surface area contributed by atoms with Crippen LogP contribution in [0.3, 0.4) is 0 Å². The van der Waals surface area contributed by atoms with E-state index in [1.807, 2.05) is 77.4 Å². The molecule has 0 saturated carbocycles. The molecule has 4 aliphatic rings. The molecule has 5 atom stereocenters. The van der Waals surface area contributed by atoms with Crippen molar-refractivity contribution < 1.29 is 27.9 Å². The molecule has 2 fully saturated rings. The Labute approximate surface area is 417 Å². The number of aromatic amines is 2. The number of nitrogens with one attached hydrogen (secondary N) is 3. The third kappa shape index (κ3) is 8.59. The molecular formula is C57H61F2N9O4. The first kappa shape index (κ1) is 47.1. The average Bonchev–Trinajstić information content (AvgIpc) is 4.23. The van der Waals surface area contributed by atoms with E-state index in [-0.39, 0.29) is 41.5 Å². The molecule has 2 aromatic heterocycles. The molecule has 372 valence electrons. The van der Waals surface area contributed by atoms with Crippen LogP contribution >= 0.6 is 0 Å². The molecule has 6 heterocycles. The van der Waals surface area contributed by atoms with Crippen molar-refractivity contribution in [1.82, 2.24) is 25.3 Å². The number of ether oxygens (including phenoxy) is 1. The van der Waals surface area contributed by atoms with Gasteiger partial charge in [-0.3, -0.25) is 14.5 Å². The van der Waals surface area contributed by atoms with Gasteiger partial charge in [-0.05, 0) is 115 Å². The quantitative estimate of drug-likeness (QED) is 0.110. The number of carbonyl (C=O) groups is 3. The number of methoxy groups -OCH3 is 1. The predicted octanol–water partition coefficient (Wildman–Crippen LogP) is 11.6. The number of para-hydroxylation sites is 2. The lowest BCUT2D eigenvalue weighted by molar-refractivity contribution is -0.121. The molecular weight excluding hydrogens is 913 g/mol. The standard InChI is InChI=1S/C57H61F2N9O4/c1-5-13-43(64-57(71)72-4)56(70)68-47-17-10-8-15-35(47)30-51(68)55-61-42-21-19-37(28-45(42)63-55)49-23-22-48(66(49)38-31-39(58)53(40(59)32-38)65-24-11-6-12-25-65)36-18-20-41-44(27-36)62-54(60-41)50-29-34-14-7-9-16-46(34)67(50)52(69)26-33(2)3/h7-10,14-21,27-28,31-33,43,48-51H,5-6,11-13,22-26,29-30H2,1-4H3,(H,60,62)(H,61,63)(H,64,71)/t43-,48-,49-,50+,51+/m1/s1. The van der Waals surface area contributed by atoms with Gasteiger partial charge in [0.2, 0.25) is 11.8 Å². The number of anilines is 4. The van der Waals surface area contributed by atoms with Crippen LogP contribution in [-0.2, 0) is 27.2 Å². The largest absolute Gasteiger partial charge is 0.453 e. The van der Waals surface area contributed by atoms with Gasteiger partial charge in [-0.25, -0.2) is 23.5 Å². The van der Waals surface area contributed by atoms with Crippen LogP contribution in [0.5, 0.6) is 0 Å². The Bertz CT molecular complexity index is 3180. The molecule has 0 radical (unpaired) electrons. The van der Waals surface area contributed by atoms with Crippen LogP contribution in [0.4, 0.5) is 36.3 Å². The maximum Gasteiger partial charge on any atom is 0.407 e. The summed E-state index contributed by atoms with van der Waals surface area (Å²) in [6.07, 6.45) is 6.25. The highest BCUT2D eigenvalue weighted by molar-refractivity contribution is 6.01. The van der Waals surface area contributed by atoms with Gasteiger partial charge in [0.05, 0.1) is 53.3 Å². The van der Waals surface area contributed by atoms with Crippen LogP contribution in [0.25, 0.3) is 22.1 Å². The van der Waals surface area contributed by atoms with E-state index in [0.29, 0.717) is 80.9 Å². The molecule has 2 saturated heterocycles. The van der Waals surface area contributed by atoms with E-state index in [9.17, 15) is 14.4 Å². The number of imidazole rings is 2. The number of carbonyl (C=O) groups excluding carboxylic acids is 3. The summed E-state index contributed by atoms with van der Waals surface area (Å²) in [6, 6.07) is 29.0. The fraction of sp³-hybridized carbons (Fsp3) is 0.386. The summed E-state index contributed by atoms with van der Waals surface area (Å²) in [5.41, 5.74) is 9.29. The molecule has 5 aromatic carbocycles. The zero-order valence-electron chi connectivity index (χ0n) is 41.3. The third-order valence-corrected chi connectivity index (χ3v) is 15.2. The molecule has 3 N–H and O–H groups in total. The minimum atomic E-state index is -0.797. The van der Waals surface area contributed by atoms with Gasteiger partial charge in [-0.15, -0.1) is 0 Å². The number of hydrogen-bond acceptors (Lipinski definition) is 8. The van der Waals surface area contributed by atoms with Crippen LogP contribution in [0.15, 0.2) is 97.1 Å². The highest BCUT2D eigenvalue weighted by Gasteiger charge is 2.42. The first-order valence-electron chi connectivity index (χ1n) is 25.6. The summed E-state index contributed by atoms with van der Waals surface area (Å²) in [6.45, 7) is 7.30. The van der Waals surface area contributed by atoms with Crippen LogP contribution < -0.4 is 24.9 Å². The number of benzene rings is 5. The van der Waals surface area contributed by atoms with E-state index in [4.69, 9.17) is 14.7 Å². The molecule has 7 aromatic rings. The molecule has 72 heavy (non-hydrogen) atoms. The maximum atomic E-state index is 16.5. The van der Waals surface area contributed by atoms with Gasteiger partial charge in [0.15, 0.2) is 11.6 Å². The van der Waals surface area contributed by atoms with Crippen molar-refractivity contribution in [2.75, 3.05) is 39.8 Å². The molecule has 11 rings (SSSR count). The van der Waals surface area contributed by atoms with Gasteiger partial charge >= 0.3 is 6.09 Å². The average molecular weight is 974 g/mol. The summed E-state index contributed by atoms with van der Waals surface area (Å²) in [4.78, 5) is 65.6. The second-order valence-electron chi connectivity index (χ2n) is 20.4. The Morgan fingerprint density at radius 2 is 1.26 bits per heavy atom. The van der Waals surface area contributed by atoms with Crippen LogP contribution in [0, 0.1) is 17.6 Å². The lowest BCUT2D eigenvalue weighted by atomic mass is 10.0. The maximum absolute atomic E-state index is 16.5. The van der Waals surface area contributed by atoms with Crippen molar-refractivity contribution in [3.8, 4) is 0 Å². The van der Waals surface area contributed by atoms with E-state index in [0.717, 1.165) is 69.4 Å². The number of H-pyrrole nitrogens is 2. The molecule has 3 amide bonds. The zero-order chi connectivity index (χ0) is 49.8. The molecule has 15 heteroatoms. The lowest BCUT2D eigenvalue weighted by Crippen LogP contribution is -2.49. The Morgan fingerprint density at radius 3 is 1.81 bits per heavy atom. The van der Waals surface area contributed by atoms with E-state index >= 15 is 8.78 Å². The lowest BCUT2D eigenvalue weighted by Gasteiger charge is -2.35. The highest BCUT2D eigenvalue weighted by Crippen LogP contribution is 2.50. The van der Waals surface area contributed by atoms with Gasteiger partial charge in [0.25, 0.3) is 0 Å². The number of aromatic nitrogens is 4. The summed E-state index contributed by atoms with van der Waals surface area (Å²) in [5, 5.41) is 2.75. The molecule has 0 bridgehead atoms. The van der Waals surface area contributed by atoms with Crippen LogP contribution in [0.1, 0.15) is 130 Å². The van der Waals surface area contributed by atoms with Crippen LogP contribution in [-0.4, -0.2) is 64.1 Å². The summed E-state index contributed by atoms with van der Waals surface area (Å²) >= 11 is 0. The van der Waals surface area contributed by atoms with Gasteiger partial charge in [-0.2, -0.15) is 0 Å². The van der Waals surface area contributed by atoms with Crippen molar-refractivity contribution in [2.45, 2.75) is 115 Å². The van der Waals surface area contributed by atoms with Crippen molar-refractivity contribution in [1.29, 1.82) is 0 Å². The Morgan fingerprint density at radius 1 is 0.722 bits per heavy atom. The van der Waals surface area contributed by atoms with E-state index in [1.54, 1.807) is 4.90 Å². The Balaban J connectivity index is 0.945. The number of rotatable bonds is 12. The Kier molecular flexibility index (Phi) is 12.7. The highest BCUT2D eigenvalue weighted by atomic mass is 19.1. The number of piperidine rings is 1. The van der Waals surface area contributed by atoms with E-state index < -0.39 is 29.8 Å². The van der Waals surface area contributed by atoms with Gasteiger partial charge in [0, 0.05) is 49.4 Å². The van der Waals surface area contributed by atoms with Gasteiger partial charge < -0.3 is 34.7 Å². The van der Waals surface area contributed by atoms with Crippen molar-refractivity contribution >= 4 is 62.7 Å². The monoisotopic (exact) mass is 973 g/mol. The summed E-state index contributed by atoms with van der Waals surface area (Å²) < 4.78 is 37.9. The smallest absolute Gasteiger partial charge is 0.407 e. The van der Waals surface area contributed by atoms with Crippen LogP contribution in [0.2, 0.25) is 0 Å². The molecule has 4 aliphatic heterocycles. The fourth-order valence-corrected chi connectivity index (χ4v) is 11.9. The zero-order valence-corrected chi connectivity index (χ0v) is 41.3. The number of alkyl carbamates (subject to hydrolysis) is 1. The van der Waals surface area contributed by atoms with Crippen molar-refractivity contribution in [3.05, 3.63) is 143 Å². The number of nitrogens with zero attached hydrogens (tertiary/aromatic N) is 6. The van der Waals surface area contributed by atoms with Gasteiger partial charge in [0.1, 0.15) is 23.4 Å². The fourth-order valence-electron chi connectivity index (χ4n) is 11.9. The van der Waals surface area contributed by atoms with Gasteiger partial charge in [-0.1, -0.05) is 75.7 Å². The third-order valence-electron chi connectivity index (χ3n) is 15.2. The predicted molar refractivity (Wildman–Crippen MR) is 276 cm³/mol. The second-order valence-corrected chi connectivity index (χ2v) is 20.4. The minimum Gasteiger partial charge on any atom is -0.453 e. The Hall–Kier alpha value is -7.29. The molecule has 0 aliphatic carbocycles. The first-order chi connectivity index (χ1) is 35.0. The first-order valence-corrected chi connectivity index (χ1v) is 25.6. The number of halogens is 2. The molecule has 13 nitrogen and oxygen atoms in total. The topological polar surface area (TPSA) is 143 Å². The van der Waals surface area contributed by atoms with Crippen molar-refractivity contribution in [2.24, 2.45) is 5.92 Å². The number of fused-ring (bicyclic) bond motifs is 4. The number of amides is 3. The number of hydrogen-bond donors (Lipinski definition) is 3. The SMILES string of the molecule is CCC[C@@H](NC(=O)OC)C(=O)N1c2ccccc2C[C@H]1c1nc2ccc([C@H]3CC[C@H](c4ccc5nc([C@@H]6Cc7ccccc7N6C(=O)CC(C)C)[nH]c5c4)N3c3cc(F)c(N4CCCCC4)c(F)c3)cc2[nH]1. The molecule has 0 spiro atoms. The van der Waals surface area contributed by atoms with Crippen molar-refractivity contribution in [3.63, 3.8) is 0 Å². The second kappa shape index (κ2) is 19.4. The van der Waals surface area contributed by atoms with E-state index in [1.165, 1.54) is 19.2 Å². The summed E-state index contributed by atoms with van der Waals surface area (Å²) in [7, 11) is 1.28.